The highest BCUT2D eigenvalue weighted by molar-refractivity contribution is 5.53. The van der Waals surface area contributed by atoms with E-state index < -0.39 is 0 Å². The van der Waals surface area contributed by atoms with Crippen molar-refractivity contribution in [2.24, 2.45) is 0 Å². The molecule has 0 unspecified atom stereocenters. The maximum absolute atomic E-state index is 9.05. The molecule has 152 valence electrons. The third-order valence-corrected chi connectivity index (χ3v) is 5.42. The number of nitrogens with one attached hydrogen (secondary N) is 2. The number of hydrogen-bond donors (Lipinski definition) is 2. The summed E-state index contributed by atoms with van der Waals surface area (Å²) in [6.45, 7) is 1.74. The molecule has 1 aromatic carbocycles. The SMILES string of the molecule is N#Cc1cccc(CN[C@H]2CO[C@H]3[C@@H]2OC[C@@H]3Nc2nccc(-c3ccco3)n2)c1. The van der Waals surface area contributed by atoms with Gasteiger partial charge in [0.1, 0.15) is 17.9 Å². The lowest BCUT2D eigenvalue weighted by atomic mass is 10.1. The fraction of sp³-hybridized carbons (Fsp3) is 0.318. The minimum Gasteiger partial charge on any atom is -0.463 e. The summed E-state index contributed by atoms with van der Waals surface area (Å²) in [6, 6.07) is 15.3. The molecule has 3 aromatic rings. The Labute approximate surface area is 173 Å². The maximum Gasteiger partial charge on any atom is 0.223 e. The summed E-state index contributed by atoms with van der Waals surface area (Å²) in [7, 11) is 0. The Morgan fingerprint density at radius 1 is 1.07 bits per heavy atom. The van der Waals surface area contributed by atoms with Gasteiger partial charge in [0.15, 0.2) is 5.76 Å². The summed E-state index contributed by atoms with van der Waals surface area (Å²) in [5.74, 6) is 1.22. The fourth-order valence-electron chi connectivity index (χ4n) is 3.95. The van der Waals surface area contributed by atoms with Gasteiger partial charge in [-0.15, -0.1) is 0 Å². The van der Waals surface area contributed by atoms with Crippen LogP contribution in [0.1, 0.15) is 11.1 Å². The van der Waals surface area contributed by atoms with Crippen molar-refractivity contribution in [3.8, 4) is 17.5 Å². The molecule has 0 spiro atoms. The average Bonchev–Trinajstić information content (AvgIpc) is 3.53. The fourth-order valence-corrected chi connectivity index (χ4v) is 3.95. The molecule has 2 N–H and O–H groups in total. The Morgan fingerprint density at radius 2 is 1.93 bits per heavy atom. The Morgan fingerprint density at radius 3 is 2.77 bits per heavy atom. The second kappa shape index (κ2) is 8.24. The van der Waals surface area contributed by atoms with Gasteiger partial charge in [0.25, 0.3) is 0 Å². The van der Waals surface area contributed by atoms with E-state index in [4.69, 9.17) is 19.2 Å². The van der Waals surface area contributed by atoms with Gasteiger partial charge in [0.05, 0.1) is 43.2 Å². The Kier molecular flexibility index (Phi) is 5.15. The molecule has 2 aromatic heterocycles. The van der Waals surface area contributed by atoms with Crippen LogP contribution in [-0.4, -0.2) is 47.5 Å². The van der Waals surface area contributed by atoms with Crippen LogP contribution in [0.15, 0.2) is 59.3 Å². The second-order valence-corrected chi connectivity index (χ2v) is 7.39. The largest absolute Gasteiger partial charge is 0.463 e. The summed E-state index contributed by atoms with van der Waals surface area (Å²) in [4.78, 5) is 8.86. The lowest BCUT2D eigenvalue weighted by Crippen LogP contribution is -2.41. The van der Waals surface area contributed by atoms with E-state index in [1.165, 1.54) is 0 Å². The molecule has 5 rings (SSSR count). The molecule has 8 nitrogen and oxygen atoms in total. The van der Waals surface area contributed by atoms with E-state index in [0.29, 0.717) is 37.0 Å². The first-order valence-corrected chi connectivity index (χ1v) is 9.89. The summed E-state index contributed by atoms with van der Waals surface area (Å²) >= 11 is 0. The van der Waals surface area contributed by atoms with E-state index >= 15 is 0 Å². The van der Waals surface area contributed by atoms with Crippen LogP contribution in [-0.2, 0) is 16.0 Å². The van der Waals surface area contributed by atoms with E-state index in [1.807, 2.05) is 36.4 Å². The number of anilines is 1. The smallest absolute Gasteiger partial charge is 0.223 e. The van der Waals surface area contributed by atoms with E-state index in [0.717, 1.165) is 11.3 Å². The van der Waals surface area contributed by atoms with Crippen molar-refractivity contribution < 1.29 is 13.9 Å². The van der Waals surface area contributed by atoms with Crippen molar-refractivity contribution >= 4 is 5.95 Å². The molecule has 0 amide bonds. The normalized spacial score (nSPS) is 25.0. The first kappa shape index (κ1) is 18.8. The Bertz CT molecular complexity index is 1050. The highest BCUT2D eigenvalue weighted by Gasteiger charge is 2.47. The third-order valence-electron chi connectivity index (χ3n) is 5.42. The molecule has 2 saturated heterocycles. The monoisotopic (exact) mass is 403 g/mol. The summed E-state index contributed by atoms with van der Waals surface area (Å²) in [6.07, 6.45) is 3.20. The van der Waals surface area contributed by atoms with Crippen LogP contribution in [0, 0.1) is 11.3 Å². The summed E-state index contributed by atoms with van der Waals surface area (Å²) < 4.78 is 17.5. The molecule has 8 heteroatoms. The molecule has 0 saturated carbocycles. The van der Waals surface area contributed by atoms with Crippen molar-refractivity contribution in [1.29, 1.82) is 5.26 Å². The second-order valence-electron chi connectivity index (χ2n) is 7.39. The number of fused-ring (bicyclic) bond motifs is 1. The first-order valence-electron chi connectivity index (χ1n) is 9.89. The lowest BCUT2D eigenvalue weighted by Gasteiger charge is -2.18. The van der Waals surface area contributed by atoms with Crippen molar-refractivity contribution in [2.45, 2.75) is 30.8 Å². The zero-order chi connectivity index (χ0) is 20.3. The number of hydrogen-bond acceptors (Lipinski definition) is 8. The zero-order valence-corrected chi connectivity index (χ0v) is 16.2. The molecule has 0 bridgehead atoms. The summed E-state index contributed by atoms with van der Waals surface area (Å²) in [5.41, 5.74) is 2.45. The van der Waals surface area contributed by atoms with Crippen LogP contribution < -0.4 is 10.6 Å². The first-order chi connectivity index (χ1) is 14.8. The molecular weight excluding hydrogens is 382 g/mol. The van der Waals surface area contributed by atoms with Crippen LogP contribution in [0.5, 0.6) is 0 Å². The van der Waals surface area contributed by atoms with Crippen molar-refractivity contribution in [3.63, 3.8) is 0 Å². The van der Waals surface area contributed by atoms with Gasteiger partial charge in [0.2, 0.25) is 5.95 Å². The molecule has 0 aliphatic carbocycles. The highest BCUT2D eigenvalue weighted by Crippen LogP contribution is 2.29. The van der Waals surface area contributed by atoms with Crippen LogP contribution in [0.2, 0.25) is 0 Å². The molecule has 30 heavy (non-hydrogen) atoms. The lowest BCUT2D eigenvalue weighted by molar-refractivity contribution is 0.0675. The van der Waals surface area contributed by atoms with Crippen LogP contribution in [0.4, 0.5) is 5.95 Å². The molecule has 2 fully saturated rings. The number of nitrogens with zero attached hydrogens (tertiary/aromatic N) is 3. The minimum atomic E-state index is -0.0798. The molecule has 4 heterocycles. The third kappa shape index (κ3) is 3.78. The molecule has 0 radical (unpaired) electrons. The van der Waals surface area contributed by atoms with Gasteiger partial charge in [-0.2, -0.15) is 5.26 Å². The number of nitriles is 1. The number of rotatable bonds is 6. The minimum absolute atomic E-state index is 0.0319. The van der Waals surface area contributed by atoms with E-state index in [9.17, 15) is 0 Å². The van der Waals surface area contributed by atoms with Gasteiger partial charge >= 0.3 is 0 Å². The quantitative estimate of drug-likeness (QED) is 0.646. The van der Waals surface area contributed by atoms with Crippen LogP contribution in [0.25, 0.3) is 11.5 Å². The highest BCUT2D eigenvalue weighted by atomic mass is 16.6. The van der Waals surface area contributed by atoms with Gasteiger partial charge in [-0.25, -0.2) is 9.97 Å². The molecule has 4 atom stereocenters. The van der Waals surface area contributed by atoms with Crippen molar-refractivity contribution in [1.82, 2.24) is 15.3 Å². The molecule has 2 aliphatic heterocycles. The standard InChI is InChI=1S/C22H21N5O3/c23-10-14-3-1-4-15(9-14)11-25-17-12-29-21-18(13-30-20(17)21)27-22-24-7-6-16(26-22)19-5-2-8-28-19/h1-9,17-18,20-21,25H,11-13H2,(H,24,26,27)/t17-,18-,20+,21+/m0/s1. The van der Waals surface area contributed by atoms with E-state index in [1.54, 1.807) is 18.5 Å². The molecular formula is C22H21N5O3. The van der Waals surface area contributed by atoms with Crippen LogP contribution >= 0.6 is 0 Å². The predicted octanol–water partition coefficient (Wildman–Crippen LogP) is 2.34. The Balaban J connectivity index is 1.21. The summed E-state index contributed by atoms with van der Waals surface area (Å²) in [5, 5.41) is 15.9. The van der Waals surface area contributed by atoms with Crippen LogP contribution in [0.3, 0.4) is 0 Å². The Hall–Kier alpha value is -3.25. The number of benzene rings is 1. The van der Waals surface area contributed by atoms with Crippen molar-refractivity contribution in [2.75, 3.05) is 18.5 Å². The number of ether oxygens (including phenoxy) is 2. The van der Waals surface area contributed by atoms with Crippen molar-refractivity contribution in [3.05, 3.63) is 66.1 Å². The van der Waals surface area contributed by atoms with Gasteiger partial charge in [-0.3, -0.25) is 0 Å². The average molecular weight is 403 g/mol. The van der Waals surface area contributed by atoms with Gasteiger partial charge in [-0.05, 0) is 35.9 Å². The predicted molar refractivity (Wildman–Crippen MR) is 108 cm³/mol. The molecule has 2 aliphatic rings. The van der Waals surface area contributed by atoms with Gasteiger partial charge in [-0.1, -0.05) is 12.1 Å². The van der Waals surface area contributed by atoms with E-state index in [2.05, 4.69) is 26.7 Å². The van der Waals surface area contributed by atoms with Gasteiger partial charge in [0, 0.05) is 12.7 Å². The van der Waals surface area contributed by atoms with Gasteiger partial charge < -0.3 is 24.5 Å². The topological polar surface area (TPSA) is 105 Å². The number of furan rings is 1. The number of aromatic nitrogens is 2. The zero-order valence-electron chi connectivity index (χ0n) is 16.2. The van der Waals surface area contributed by atoms with E-state index in [-0.39, 0.29) is 24.3 Å². The maximum atomic E-state index is 9.05.